The lowest BCUT2D eigenvalue weighted by Gasteiger charge is -2.13. The van der Waals surface area contributed by atoms with Crippen molar-refractivity contribution >= 4 is 23.9 Å². The molecular weight excluding hydrogens is 466 g/mol. The number of methoxy groups -OCH3 is 2. The molecule has 0 aliphatic rings. The number of esters is 2. The van der Waals surface area contributed by atoms with Gasteiger partial charge in [-0.25, -0.2) is 14.3 Å². The number of rotatable bonds is 7. The molecule has 186 valence electrons. The van der Waals surface area contributed by atoms with Gasteiger partial charge in [0.25, 0.3) is 11.5 Å². The van der Waals surface area contributed by atoms with Gasteiger partial charge in [-0.1, -0.05) is 36.4 Å². The van der Waals surface area contributed by atoms with E-state index in [1.165, 1.54) is 22.9 Å². The van der Waals surface area contributed by atoms with Gasteiger partial charge in [0.05, 0.1) is 31.2 Å². The van der Waals surface area contributed by atoms with E-state index in [0.29, 0.717) is 11.4 Å². The van der Waals surface area contributed by atoms with Gasteiger partial charge in [-0.15, -0.1) is 0 Å². The Morgan fingerprint density at radius 1 is 0.917 bits per heavy atom. The summed E-state index contributed by atoms with van der Waals surface area (Å²) in [5, 5.41) is 13.5. The molecule has 10 heteroatoms. The van der Waals surface area contributed by atoms with Crippen LogP contribution in [0.15, 0.2) is 82.5 Å². The lowest BCUT2D eigenvalue weighted by Crippen LogP contribution is -2.27. The molecule has 0 aliphatic heterocycles. The molecule has 0 aliphatic carbocycles. The standard InChI is InChI=1S/C26H25N3O7/c1-16-19(24(32)29(28(16)2)18-13-9-6-10-14-18)15-20(27-23(31)17-11-7-5-8-12-17)22(30)21(25(33)35-3)26(34)36-4/h5-15,30H,1-4H3,(H,27,31)/b20-15+. The van der Waals surface area contributed by atoms with E-state index in [-0.39, 0.29) is 16.8 Å². The van der Waals surface area contributed by atoms with Gasteiger partial charge in [-0.2, -0.15) is 0 Å². The molecule has 1 heterocycles. The van der Waals surface area contributed by atoms with Crippen LogP contribution < -0.4 is 10.9 Å². The van der Waals surface area contributed by atoms with E-state index in [1.807, 2.05) is 6.07 Å². The second-order valence-corrected chi connectivity index (χ2v) is 7.56. The fourth-order valence-electron chi connectivity index (χ4n) is 3.46. The summed E-state index contributed by atoms with van der Waals surface area (Å²) in [5.74, 6) is -3.96. The molecule has 0 radical (unpaired) electrons. The van der Waals surface area contributed by atoms with Crippen LogP contribution in [0.3, 0.4) is 0 Å². The first-order chi connectivity index (χ1) is 17.2. The van der Waals surface area contributed by atoms with Crippen LogP contribution in [0.4, 0.5) is 0 Å². The van der Waals surface area contributed by atoms with Gasteiger partial charge in [0.1, 0.15) is 0 Å². The number of carbonyl (C=O) groups excluding carboxylic acids is 3. The van der Waals surface area contributed by atoms with Crippen LogP contribution in [0.25, 0.3) is 11.8 Å². The Morgan fingerprint density at radius 3 is 1.97 bits per heavy atom. The summed E-state index contributed by atoms with van der Waals surface area (Å²) in [6, 6.07) is 16.9. The molecule has 0 saturated carbocycles. The number of amides is 1. The Kier molecular flexibility index (Phi) is 7.90. The van der Waals surface area contributed by atoms with Crippen molar-refractivity contribution in [2.24, 2.45) is 7.05 Å². The minimum atomic E-state index is -1.19. The zero-order valence-corrected chi connectivity index (χ0v) is 20.1. The molecule has 36 heavy (non-hydrogen) atoms. The highest BCUT2D eigenvalue weighted by atomic mass is 16.5. The summed E-state index contributed by atoms with van der Waals surface area (Å²) in [6.07, 6.45) is 1.19. The van der Waals surface area contributed by atoms with Crippen molar-refractivity contribution in [1.29, 1.82) is 0 Å². The van der Waals surface area contributed by atoms with Crippen molar-refractivity contribution in [3.63, 3.8) is 0 Å². The largest absolute Gasteiger partial charge is 0.505 e. The maximum Gasteiger partial charge on any atom is 0.349 e. The van der Waals surface area contributed by atoms with Crippen LogP contribution in [0.1, 0.15) is 21.6 Å². The van der Waals surface area contributed by atoms with Gasteiger partial charge in [0.2, 0.25) is 0 Å². The maximum absolute atomic E-state index is 13.4. The summed E-state index contributed by atoms with van der Waals surface area (Å²) >= 11 is 0. The predicted octanol–water partition coefficient (Wildman–Crippen LogP) is 2.41. The molecule has 1 aromatic heterocycles. The number of aliphatic hydroxyl groups is 1. The lowest BCUT2D eigenvalue weighted by atomic mass is 10.1. The first kappa shape index (κ1) is 25.8. The van der Waals surface area contributed by atoms with Crippen LogP contribution in [0.2, 0.25) is 0 Å². The van der Waals surface area contributed by atoms with Crippen molar-refractivity contribution in [3.05, 3.63) is 105 Å². The number of aromatic nitrogens is 2. The van der Waals surface area contributed by atoms with Crippen molar-refractivity contribution in [2.75, 3.05) is 14.2 Å². The van der Waals surface area contributed by atoms with E-state index in [9.17, 15) is 24.3 Å². The predicted molar refractivity (Wildman–Crippen MR) is 131 cm³/mol. The normalized spacial score (nSPS) is 10.9. The molecule has 0 fully saturated rings. The second kappa shape index (κ2) is 11.0. The zero-order chi connectivity index (χ0) is 26.4. The molecule has 0 spiro atoms. The monoisotopic (exact) mass is 491 g/mol. The Hall–Kier alpha value is -4.86. The fourth-order valence-corrected chi connectivity index (χ4v) is 3.46. The van der Waals surface area contributed by atoms with Gasteiger partial charge in [-0.3, -0.25) is 14.3 Å². The summed E-state index contributed by atoms with van der Waals surface area (Å²) in [5.41, 5.74) is -0.269. The molecule has 2 aromatic carbocycles. The number of carbonyl (C=O) groups is 3. The van der Waals surface area contributed by atoms with E-state index in [0.717, 1.165) is 14.2 Å². The molecule has 1 amide bonds. The van der Waals surface area contributed by atoms with Crippen LogP contribution >= 0.6 is 0 Å². The van der Waals surface area contributed by atoms with E-state index in [2.05, 4.69) is 14.8 Å². The van der Waals surface area contributed by atoms with Crippen LogP contribution in [-0.2, 0) is 26.1 Å². The summed E-state index contributed by atoms with van der Waals surface area (Å²) in [6.45, 7) is 1.67. The highest BCUT2D eigenvalue weighted by Gasteiger charge is 2.29. The van der Waals surface area contributed by atoms with E-state index < -0.39 is 34.7 Å². The van der Waals surface area contributed by atoms with Gasteiger partial charge in [-0.05, 0) is 37.3 Å². The summed E-state index contributed by atoms with van der Waals surface area (Å²) < 4.78 is 12.2. The Balaban J connectivity index is 2.26. The topological polar surface area (TPSA) is 129 Å². The molecule has 0 saturated heterocycles. The number of nitrogens with one attached hydrogen (secondary N) is 1. The lowest BCUT2D eigenvalue weighted by molar-refractivity contribution is -0.144. The van der Waals surface area contributed by atoms with E-state index in [1.54, 1.807) is 61.1 Å². The van der Waals surface area contributed by atoms with E-state index >= 15 is 0 Å². The van der Waals surface area contributed by atoms with Crippen molar-refractivity contribution in [2.45, 2.75) is 6.92 Å². The molecule has 3 rings (SSSR count). The number of ether oxygens (including phenoxy) is 2. The molecule has 10 nitrogen and oxygen atoms in total. The summed E-state index contributed by atoms with van der Waals surface area (Å²) in [4.78, 5) is 50.9. The minimum absolute atomic E-state index is 0.102. The van der Waals surface area contributed by atoms with Crippen molar-refractivity contribution < 1.29 is 29.0 Å². The second-order valence-electron chi connectivity index (χ2n) is 7.56. The maximum atomic E-state index is 13.4. The zero-order valence-electron chi connectivity index (χ0n) is 20.1. The van der Waals surface area contributed by atoms with Crippen LogP contribution in [0.5, 0.6) is 0 Å². The third-order valence-corrected chi connectivity index (χ3v) is 5.44. The number of nitrogens with zero attached hydrogens (tertiary/aromatic N) is 2. The quantitative estimate of drug-likeness (QED) is 0.130. The van der Waals surface area contributed by atoms with Gasteiger partial charge >= 0.3 is 11.9 Å². The molecular formula is C26H25N3O7. The third kappa shape index (κ3) is 5.12. The fraction of sp³-hybridized carbons (Fsp3) is 0.154. The van der Waals surface area contributed by atoms with Gasteiger partial charge in [0.15, 0.2) is 11.3 Å². The van der Waals surface area contributed by atoms with Crippen LogP contribution in [0, 0.1) is 6.92 Å². The van der Waals surface area contributed by atoms with Crippen molar-refractivity contribution in [1.82, 2.24) is 14.7 Å². The number of benzene rings is 2. The Morgan fingerprint density at radius 2 is 1.44 bits per heavy atom. The van der Waals surface area contributed by atoms with Gasteiger partial charge in [0, 0.05) is 18.3 Å². The van der Waals surface area contributed by atoms with E-state index in [4.69, 9.17) is 0 Å². The first-order valence-corrected chi connectivity index (χ1v) is 10.7. The molecule has 3 aromatic rings. The van der Waals surface area contributed by atoms with Crippen molar-refractivity contribution in [3.8, 4) is 5.69 Å². The minimum Gasteiger partial charge on any atom is -0.505 e. The number of para-hydroxylation sites is 1. The molecule has 0 atom stereocenters. The average molecular weight is 492 g/mol. The smallest absolute Gasteiger partial charge is 0.349 e. The third-order valence-electron chi connectivity index (χ3n) is 5.44. The number of hydrogen-bond acceptors (Lipinski definition) is 7. The Bertz CT molecular complexity index is 1400. The molecule has 0 unspecified atom stereocenters. The molecule has 2 N–H and O–H groups in total. The molecule has 0 bridgehead atoms. The summed E-state index contributed by atoms with van der Waals surface area (Å²) in [7, 11) is 3.71. The van der Waals surface area contributed by atoms with Gasteiger partial charge < -0.3 is 19.9 Å². The highest BCUT2D eigenvalue weighted by molar-refractivity contribution is 6.15. The Labute approximate surface area is 206 Å². The first-order valence-electron chi connectivity index (χ1n) is 10.7. The SMILES string of the molecule is COC(=O)C(C(=O)OC)=C(O)/C(=C\c1c(C)n(C)n(-c2ccccc2)c1=O)NC(=O)c1ccccc1. The number of aliphatic hydroxyl groups excluding tert-OH is 1. The average Bonchev–Trinajstić information content (AvgIpc) is 3.11. The van der Waals surface area contributed by atoms with Crippen LogP contribution in [-0.4, -0.2) is 46.5 Å². The highest BCUT2D eigenvalue weighted by Crippen LogP contribution is 2.19. The number of hydrogen-bond donors (Lipinski definition) is 2.